The van der Waals surface area contributed by atoms with E-state index in [1.165, 1.54) is 6.07 Å². The second kappa shape index (κ2) is 7.11. The van der Waals surface area contributed by atoms with E-state index >= 15 is 0 Å². The highest BCUT2D eigenvalue weighted by Gasteiger charge is 2.18. The van der Waals surface area contributed by atoms with E-state index in [2.05, 4.69) is 20.7 Å². The first-order valence-electron chi connectivity index (χ1n) is 6.02. The third-order valence-corrected chi connectivity index (χ3v) is 6.95. The minimum Gasteiger partial charge on any atom is -0.492 e. The molecule has 0 aliphatic heterocycles. The minimum absolute atomic E-state index is 0.176. The number of benzene rings is 1. The number of thiophene rings is 1. The molecule has 0 bridgehead atoms. The van der Waals surface area contributed by atoms with Gasteiger partial charge in [0, 0.05) is 6.54 Å². The maximum atomic E-state index is 12.0. The minimum atomic E-state index is -3.55. The molecule has 0 amide bonds. The van der Waals surface area contributed by atoms with E-state index in [0.717, 1.165) is 22.6 Å². The molecule has 1 N–H and O–H groups in total. The molecule has 0 saturated heterocycles. The number of halogens is 2. The van der Waals surface area contributed by atoms with Crippen LogP contribution in [0.4, 0.5) is 0 Å². The fraction of sp³-hybridized carbons (Fsp3) is 0.231. The van der Waals surface area contributed by atoms with Crippen molar-refractivity contribution < 1.29 is 13.2 Å². The summed E-state index contributed by atoms with van der Waals surface area (Å²) in [6, 6.07) is 9.00. The highest BCUT2D eigenvalue weighted by molar-refractivity contribution is 9.11. The highest BCUT2D eigenvalue weighted by atomic mass is 79.9. The van der Waals surface area contributed by atoms with Gasteiger partial charge >= 0.3 is 0 Å². The normalized spacial score (nSPS) is 11.6. The van der Waals surface area contributed by atoms with Crippen molar-refractivity contribution in [3.05, 3.63) is 44.7 Å². The Morgan fingerprint density at radius 2 is 2.14 bits per heavy atom. The van der Waals surface area contributed by atoms with Gasteiger partial charge in [0.25, 0.3) is 0 Å². The molecule has 0 unspecified atom stereocenters. The van der Waals surface area contributed by atoms with E-state index in [4.69, 9.17) is 16.3 Å². The predicted molar refractivity (Wildman–Crippen MR) is 88.9 cm³/mol. The van der Waals surface area contributed by atoms with Crippen molar-refractivity contribution >= 4 is 48.9 Å². The Labute approximate surface area is 141 Å². The van der Waals surface area contributed by atoms with E-state index in [0.29, 0.717) is 8.81 Å². The molecule has 4 nitrogen and oxygen atoms in total. The topological polar surface area (TPSA) is 55.4 Å². The van der Waals surface area contributed by atoms with Crippen LogP contribution in [-0.2, 0) is 10.0 Å². The van der Waals surface area contributed by atoms with Crippen LogP contribution >= 0.6 is 38.9 Å². The lowest BCUT2D eigenvalue weighted by atomic mass is 10.2. The number of ether oxygens (including phenoxy) is 1. The summed E-state index contributed by atoms with van der Waals surface area (Å²) in [6.07, 6.45) is 0. The maximum absolute atomic E-state index is 12.0. The van der Waals surface area contributed by atoms with Crippen molar-refractivity contribution in [2.75, 3.05) is 13.2 Å². The molecule has 114 valence electrons. The Hall–Kier alpha value is -0.600. The van der Waals surface area contributed by atoms with Crippen molar-refractivity contribution in [1.29, 1.82) is 0 Å². The average Bonchev–Trinajstić information content (AvgIpc) is 2.76. The van der Waals surface area contributed by atoms with E-state index in [9.17, 15) is 8.42 Å². The van der Waals surface area contributed by atoms with E-state index in [1.54, 1.807) is 0 Å². The first kappa shape index (κ1) is 16.8. The number of rotatable bonds is 6. The van der Waals surface area contributed by atoms with Crippen molar-refractivity contribution in [3.8, 4) is 5.75 Å². The third-order valence-electron chi connectivity index (χ3n) is 2.54. The molecule has 1 heterocycles. The summed E-state index contributed by atoms with van der Waals surface area (Å²) >= 11 is 10.1. The van der Waals surface area contributed by atoms with Gasteiger partial charge in [0.2, 0.25) is 10.0 Å². The van der Waals surface area contributed by atoms with Crippen LogP contribution in [0.3, 0.4) is 0 Å². The molecular weight excluding hydrogens is 398 g/mol. The van der Waals surface area contributed by atoms with Crippen LogP contribution in [0.15, 0.2) is 38.3 Å². The molecule has 1 aromatic carbocycles. The van der Waals surface area contributed by atoms with Gasteiger partial charge in [0.1, 0.15) is 16.6 Å². The van der Waals surface area contributed by atoms with Crippen LogP contribution in [0.1, 0.15) is 5.56 Å². The summed E-state index contributed by atoms with van der Waals surface area (Å²) in [7, 11) is -3.55. The second-order valence-corrected chi connectivity index (χ2v) is 9.02. The van der Waals surface area contributed by atoms with Gasteiger partial charge in [-0.2, -0.15) is 0 Å². The number of hydrogen-bond acceptors (Lipinski definition) is 4. The van der Waals surface area contributed by atoms with Crippen molar-refractivity contribution in [2.24, 2.45) is 0 Å². The zero-order valence-corrected chi connectivity index (χ0v) is 15.1. The van der Waals surface area contributed by atoms with Gasteiger partial charge in [-0.1, -0.05) is 23.7 Å². The van der Waals surface area contributed by atoms with E-state index < -0.39 is 10.0 Å². The monoisotopic (exact) mass is 409 g/mol. The second-order valence-electron chi connectivity index (χ2n) is 4.25. The number of sulfonamides is 1. The Kier molecular flexibility index (Phi) is 5.67. The fourth-order valence-electron chi connectivity index (χ4n) is 1.58. The number of aryl methyl sites for hydroxylation is 1. The number of hydrogen-bond donors (Lipinski definition) is 1. The molecule has 0 radical (unpaired) electrons. The van der Waals surface area contributed by atoms with Crippen LogP contribution in [-0.4, -0.2) is 21.6 Å². The average molecular weight is 411 g/mol. The van der Waals surface area contributed by atoms with Crippen molar-refractivity contribution in [2.45, 2.75) is 11.1 Å². The fourth-order valence-corrected chi connectivity index (χ4v) is 5.04. The molecule has 2 aromatic rings. The first-order chi connectivity index (χ1) is 9.88. The predicted octanol–water partition coefficient (Wildman–Crippen LogP) is 3.83. The molecular formula is C13H13BrClNO3S2. The van der Waals surface area contributed by atoms with Crippen LogP contribution in [0, 0.1) is 6.92 Å². The van der Waals surface area contributed by atoms with E-state index in [1.807, 2.05) is 31.2 Å². The summed E-state index contributed by atoms with van der Waals surface area (Å²) in [4.78, 5) is 0. The van der Waals surface area contributed by atoms with Crippen LogP contribution in [0.2, 0.25) is 5.02 Å². The lowest BCUT2D eigenvalue weighted by molar-refractivity contribution is 0.322. The van der Waals surface area contributed by atoms with Gasteiger partial charge < -0.3 is 4.74 Å². The van der Waals surface area contributed by atoms with Crippen molar-refractivity contribution in [3.63, 3.8) is 0 Å². The van der Waals surface area contributed by atoms with Crippen LogP contribution < -0.4 is 9.46 Å². The summed E-state index contributed by atoms with van der Waals surface area (Å²) < 4.78 is 32.8. The van der Waals surface area contributed by atoms with E-state index in [-0.39, 0.29) is 17.4 Å². The summed E-state index contributed by atoms with van der Waals surface area (Å²) in [6.45, 7) is 2.40. The lowest BCUT2D eigenvalue weighted by Gasteiger charge is -2.08. The molecule has 0 aliphatic carbocycles. The Morgan fingerprint density at radius 3 is 2.76 bits per heavy atom. The van der Waals surface area contributed by atoms with Gasteiger partial charge in [-0.05, 0) is 46.6 Å². The van der Waals surface area contributed by atoms with Crippen LogP contribution in [0.5, 0.6) is 5.75 Å². The molecule has 0 saturated carbocycles. The van der Waals surface area contributed by atoms with Gasteiger partial charge in [0.15, 0.2) is 0 Å². The quantitative estimate of drug-likeness (QED) is 0.736. The summed E-state index contributed by atoms with van der Waals surface area (Å²) in [5.74, 6) is 0.719. The molecule has 0 atom stereocenters. The molecule has 2 rings (SSSR count). The van der Waals surface area contributed by atoms with Gasteiger partial charge in [-0.3, -0.25) is 0 Å². The van der Waals surface area contributed by atoms with Crippen molar-refractivity contribution in [1.82, 2.24) is 4.72 Å². The Bertz CT molecular complexity index is 711. The lowest BCUT2D eigenvalue weighted by Crippen LogP contribution is -2.27. The zero-order valence-electron chi connectivity index (χ0n) is 11.1. The van der Waals surface area contributed by atoms with Gasteiger partial charge in [-0.25, -0.2) is 13.1 Å². The maximum Gasteiger partial charge on any atom is 0.250 e. The molecule has 21 heavy (non-hydrogen) atoms. The van der Waals surface area contributed by atoms with Gasteiger partial charge in [0.05, 0.1) is 8.81 Å². The summed E-state index contributed by atoms with van der Waals surface area (Å²) in [5.41, 5.74) is 1.09. The smallest absolute Gasteiger partial charge is 0.250 e. The molecule has 0 fully saturated rings. The standard InChI is InChI=1S/C13H13BrClNO3S2/c1-9-3-2-4-10(7-9)19-6-5-16-21(17,18)12-8-11(15)13(14)20-12/h2-4,7-8,16H,5-6H2,1H3. The van der Waals surface area contributed by atoms with Gasteiger partial charge in [-0.15, -0.1) is 11.3 Å². The molecule has 8 heteroatoms. The third kappa shape index (κ3) is 4.69. The van der Waals surface area contributed by atoms with Crippen LogP contribution in [0.25, 0.3) is 0 Å². The molecule has 0 spiro atoms. The molecule has 0 aliphatic rings. The largest absolute Gasteiger partial charge is 0.492 e. The summed E-state index contributed by atoms with van der Waals surface area (Å²) in [5, 5.41) is 0.386. The number of nitrogens with one attached hydrogen (secondary N) is 1. The Morgan fingerprint density at radius 1 is 1.38 bits per heavy atom. The molecule has 1 aromatic heterocycles. The zero-order chi connectivity index (χ0) is 15.5. The Balaban J connectivity index is 1.88. The highest BCUT2D eigenvalue weighted by Crippen LogP contribution is 2.34. The first-order valence-corrected chi connectivity index (χ1v) is 9.49. The SMILES string of the molecule is Cc1cccc(OCCNS(=O)(=O)c2cc(Cl)c(Br)s2)c1.